The highest BCUT2D eigenvalue weighted by Crippen LogP contribution is 2.19. The highest BCUT2D eigenvalue weighted by Gasteiger charge is 2.19. The Balaban J connectivity index is 1.98. The molecule has 2 amide bonds. The van der Waals surface area contributed by atoms with Gasteiger partial charge in [0.2, 0.25) is 0 Å². The van der Waals surface area contributed by atoms with Crippen molar-refractivity contribution in [1.82, 2.24) is 15.2 Å². The Labute approximate surface area is 143 Å². The van der Waals surface area contributed by atoms with Crippen molar-refractivity contribution in [2.24, 2.45) is 0 Å². The van der Waals surface area contributed by atoms with Crippen molar-refractivity contribution in [3.8, 4) is 0 Å². The van der Waals surface area contributed by atoms with Gasteiger partial charge in [0, 0.05) is 32.6 Å². The van der Waals surface area contributed by atoms with Gasteiger partial charge >= 0.3 is 6.03 Å². The van der Waals surface area contributed by atoms with E-state index in [1.54, 1.807) is 24.4 Å². The lowest BCUT2D eigenvalue weighted by molar-refractivity contribution is 0.182. The highest BCUT2D eigenvalue weighted by atomic mass is 16.5. The fraction of sp³-hybridized carbons (Fsp3) is 0.368. The van der Waals surface area contributed by atoms with Crippen molar-refractivity contribution in [3.63, 3.8) is 0 Å². The number of carbonyl (C=O) groups excluding carboxylic acids is 1. The highest BCUT2D eigenvalue weighted by molar-refractivity contribution is 5.74. The van der Waals surface area contributed by atoms with Gasteiger partial charge in [-0.05, 0) is 36.6 Å². The molecule has 1 aromatic heterocycles. The number of urea groups is 1. The van der Waals surface area contributed by atoms with Gasteiger partial charge in [-0.1, -0.05) is 30.3 Å². The molecule has 1 atom stereocenters. The first kappa shape index (κ1) is 17.9. The first-order valence-corrected chi connectivity index (χ1v) is 8.16. The molecule has 24 heavy (non-hydrogen) atoms. The number of hydrogen-bond donors (Lipinski definition) is 1. The number of nitrogens with one attached hydrogen (secondary N) is 1. The molecule has 1 aromatic carbocycles. The predicted molar refractivity (Wildman–Crippen MR) is 94.4 cm³/mol. The van der Waals surface area contributed by atoms with Gasteiger partial charge in [-0.25, -0.2) is 4.79 Å². The third-order valence-corrected chi connectivity index (χ3v) is 3.98. The third kappa shape index (κ3) is 4.80. The van der Waals surface area contributed by atoms with Crippen LogP contribution >= 0.6 is 0 Å². The standard InChI is InChI=1S/C19H25N3O2/c1-4-22(15(2)18-9-6-10-20-13-18)19(23)21-12-16-7-5-8-17(11-16)14-24-3/h5-11,13,15H,4,12,14H2,1-3H3,(H,21,23)/t15-/m1/s1. The molecule has 0 saturated heterocycles. The quantitative estimate of drug-likeness (QED) is 0.846. The normalized spacial score (nSPS) is 11.8. The summed E-state index contributed by atoms with van der Waals surface area (Å²) < 4.78 is 5.14. The van der Waals surface area contributed by atoms with Crippen LogP contribution in [0, 0.1) is 0 Å². The van der Waals surface area contributed by atoms with Crippen LogP contribution in [0.3, 0.4) is 0 Å². The Morgan fingerprint density at radius 2 is 2.08 bits per heavy atom. The second-order valence-electron chi connectivity index (χ2n) is 5.66. The number of amides is 2. The van der Waals surface area contributed by atoms with Gasteiger partial charge in [0.05, 0.1) is 12.6 Å². The van der Waals surface area contributed by atoms with Crippen molar-refractivity contribution in [2.75, 3.05) is 13.7 Å². The van der Waals surface area contributed by atoms with E-state index in [2.05, 4.69) is 10.3 Å². The van der Waals surface area contributed by atoms with Gasteiger partial charge < -0.3 is 15.0 Å². The van der Waals surface area contributed by atoms with Crippen molar-refractivity contribution < 1.29 is 9.53 Å². The predicted octanol–water partition coefficient (Wildman–Crippen LogP) is 3.52. The molecule has 5 nitrogen and oxygen atoms in total. The Kier molecular flexibility index (Phi) is 6.75. The van der Waals surface area contributed by atoms with Crippen LogP contribution in [-0.4, -0.2) is 29.6 Å². The van der Waals surface area contributed by atoms with Crippen LogP contribution < -0.4 is 5.32 Å². The van der Waals surface area contributed by atoms with E-state index in [-0.39, 0.29) is 12.1 Å². The van der Waals surface area contributed by atoms with Crippen LogP contribution in [0.4, 0.5) is 4.79 Å². The molecule has 2 aromatic rings. The smallest absolute Gasteiger partial charge is 0.318 e. The summed E-state index contributed by atoms with van der Waals surface area (Å²) in [5, 5.41) is 3.00. The maximum absolute atomic E-state index is 12.5. The summed E-state index contributed by atoms with van der Waals surface area (Å²) in [6.45, 7) is 5.68. The van der Waals surface area contributed by atoms with Gasteiger partial charge in [-0.2, -0.15) is 0 Å². The van der Waals surface area contributed by atoms with Gasteiger partial charge in [0.15, 0.2) is 0 Å². The zero-order chi connectivity index (χ0) is 17.4. The number of benzene rings is 1. The second-order valence-corrected chi connectivity index (χ2v) is 5.66. The zero-order valence-corrected chi connectivity index (χ0v) is 14.5. The molecule has 0 unspecified atom stereocenters. The molecule has 2 rings (SSSR count). The lowest BCUT2D eigenvalue weighted by Crippen LogP contribution is -2.41. The first-order valence-electron chi connectivity index (χ1n) is 8.16. The van der Waals surface area contributed by atoms with Crippen LogP contribution in [0.1, 0.15) is 36.6 Å². The van der Waals surface area contributed by atoms with Gasteiger partial charge in [-0.15, -0.1) is 0 Å². The Hall–Kier alpha value is -2.40. The Morgan fingerprint density at radius 1 is 1.29 bits per heavy atom. The summed E-state index contributed by atoms with van der Waals surface area (Å²) in [4.78, 5) is 18.5. The van der Waals surface area contributed by atoms with Crippen LogP contribution in [0.5, 0.6) is 0 Å². The molecule has 5 heteroatoms. The largest absolute Gasteiger partial charge is 0.380 e. The van der Waals surface area contributed by atoms with E-state index in [0.717, 1.165) is 16.7 Å². The molecule has 0 saturated carbocycles. The molecule has 0 aliphatic rings. The van der Waals surface area contributed by atoms with Crippen LogP contribution in [0.15, 0.2) is 48.8 Å². The van der Waals surface area contributed by atoms with Gasteiger partial charge in [0.1, 0.15) is 0 Å². The molecule has 1 N–H and O–H groups in total. The summed E-state index contributed by atoms with van der Waals surface area (Å²) in [5.41, 5.74) is 3.18. The van der Waals surface area contributed by atoms with Crippen LogP contribution in [0.25, 0.3) is 0 Å². The summed E-state index contributed by atoms with van der Waals surface area (Å²) >= 11 is 0. The number of rotatable bonds is 7. The Bertz CT molecular complexity index is 646. The van der Waals surface area contributed by atoms with E-state index in [4.69, 9.17) is 4.74 Å². The van der Waals surface area contributed by atoms with Gasteiger partial charge in [-0.3, -0.25) is 4.98 Å². The SMILES string of the molecule is CCN(C(=O)NCc1cccc(COC)c1)[C@H](C)c1cccnc1. The number of pyridine rings is 1. The average Bonchev–Trinajstić information content (AvgIpc) is 2.62. The monoisotopic (exact) mass is 327 g/mol. The molecule has 0 radical (unpaired) electrons. The molecule has 128 valence electrons. The minimum atomic E-state index is -0.0778. The van der Waals surface area contributed by atoms with Crippen molar-refractivity contribution in [3.05, 3.63) is 65.5 Å². The summed E-state index contributed by atoms with van der Waals surface area (Å²) in [5.74, 6) is 0. The number of methoxy groups -OCH3 is 1. The lowest BCUT2D eigenvalue weighted by Gasteiger charge is -2.28. The maximum atomic E-state index is 12.5. The number of hydrogen-bond acceptors (Lipinski definition) is 3. The fourth-order valence-corrected chi connectivity index (χ4v) is 2.67. The minimum absolute atomic E-state index is 0.0245. The average molecular weight is 327 g/mol. The molecule has 0 fully saturated rings. The molecule has 0 aliphatic carbocycles. The molecule has 0 bridgehead atoms. The topological polar surface area (TPSA) is 54.5 Å². The molecular formula is C19H25N3O2. The van der Waals surface area contributed by atoms with E-state index in [1.165, 1.54) is 0 Å². The lowest BCUT2D eigenvalue weighted by atomic mass is 10.1. The van der Waals surface area contributed by atoms with Crippen LogP contribution in [-0.2, 0) is 17.9 Å². The van der Waals surface area contributed by atoms with Crippen LogP contribution in [0.2, 0.25) is 0 Å². The minimum Gasteiger partial charge on any atom is -0.380 e. The van der Waals surface area contributed by atoms with Crippen molar-refractivity contribution in [2.45, 2.75) is 33.0 Å². The van der Waals surface area contributed by atoms with E-state index in [0.29, 0.717) is 19.7 Å². The van der Waals surface area contributed by atoms with E-state index >= 15 is 0 Å². The summed E-state index contributed by atoms with van der Waals surface area (Å²) in [6, 6.07) is 11.8. The summed E-state index contributed by atoms with van der Waals surface area (Å²) in [7, 11) is 1.67. The molecule has 1 heterocycles. The van der Waals surface area contributed by atoms with E-state index in [9.17, 15) is 4.79 Å². The Morgan fingerprint density at radius 3 is 2.75 bits per heavy atom. The van der Waals surface area contributed by atoms with Gasteiger partial charge in [0.25, 0.3) is 0 Å². The molecule has 0 spiro atoms. The van der Waals surface area contributed by atoms with Crippen molar-refractivity contribution >= 4 is 6.03 Å². The molecule has 0 aliphatic heterocycles. The zero-order valence-electron chi connectivity index (χ0n) is 14.5. The van der Waals surface area contributed by atoms with E-state index in [1.807, 2.05) is 50.2 Å². The molecular weight excluding hydrogens is 302 g/mol. The first-order chi connectivity index (χ1) is 11.7. The number of nitrogens with zero attached hydrogens (tertiary/aromatic N) is 2. The third-order valence-electron chi connectivity index (χ3n) is 3.98. The summed E-state index contributed by atoms with van der Waals surface area (Å²) in [6.07, 6.45) is 3.54. The second kappa shape index (κ2) is 9.03. The number of aromatic nitrogens is 1. The van der Waals surface area contributed by atoms with E-state index < -0.39 is 0 Å². The fourth-order valence-electron chi connectivity index (χ4n) is 2.67. The number of ether oxygens (including phenoxy) is 1. The maximum Gasteiger partial charge on any atom is 0.318 e. The van der Waals surface area contributed by atoms with Crippen molar-refractivity contribution in [1.29, 1.82) is 0 Å². The number of carbonyl (C=O) groups is 1.